The van der Waals surface area contributed by atoms with Crippen LogP contribution >= 0.6 is 0 Å². The topological polar surface area (TPSA) is 49.9 Å². The quantitative estimate of drug-likeness (QED) is 0.470. The summed E-state index contributed by atoms with van der Waals surface area (Å²) in [4.78, 5) is 0. The van der Waals surface area contributed by atoms with E-state index in [1.54, 1.807) is 0 Å². The molecular formula is C7H6F2N2. The van der Waals surface area contributed by atoms with E-state index in [1.807, 2.05) is 0 Å². The van der Waals surface area contributed by atoms with E-state index in [0.29, 0.717) is 6.07 Å². The summed E-state index contributed by atoms with van der Waals surface area (Å²) in [5.74, 6) is -1.56. The van der Waals surface area contributed by atoms with Gasteiger partial charge in [0, 0.05) is 17.8 Å². The molecule has 0 radical (unpaired) electrons. The van der Waals surface area contributed by atoms with Crippen molar-refractivity contribution in [3.63, 3.8) is 0 Å². The molecule has 0 aliphatic carbocycles. The molecule has 1 aromatic carbocycles. The van der Waals surface area contributed by atoms with E-state index in [-0.39, 0.29) is 11.3 Å². The Balaban J connectivity index is 3.35. The molecule has 0 spiro atoms. The van der Waals surface area contributed by atoms with Gasteiger partial charge in [0.2, 0.25) is 0 Å². The molecular weight excluding hydrogens is 150 g/mol. The molecule has 4 heteroatoms. The Hall–Kier alpha value is -1.45. The van der Waals surface area contributed by atoms with Crippen LogP contribution < -0.4 is 5.73 Å². The molecule has 0 amide bonds. The Bertz CT molecular complexity index is 297. The molecule has 2 nitrogen and oxygen atoms in total. The van der Waals surface area contributed by atoms with Crippen molar-refractivity contribution in [3.05, 3.63) is 29.3 Å². The highest BCUT2D eigenvalue weighted by molar-refractivity contribution is 5.84. The highest BCUT2D eigenvalue weighted by Crippen LogP contribution is 2.15. The Morgan fingerprint density at radius 1 is 1.36 bits per heavy atom. The summed E-state index contributed by atoms with van der Waals surface area (Å²) < 4.78 is 25.0. The van der Waals surface area contributed by atoms with Gasteiger partial charge in [0.25, 0.3) is 0 Å². The van der Waals surface area contributed by atoms with Crippen molar-refractivity contribution >= 4 is 11.9 Å². The van der Waals surface area contributed by atoms with Gasteiger partial charge < -0.3 is 11.1 Å². The van der Waals surface area contributed by atoms with Crippen molar-refractivity contribution in [3.8, 4) is 0 Å². The molecule has 1 aromatic rings. The van der Waals surface area contributed by atoms with Gasteiger partial charge in [-0.15, -0.1) is 0 Å². The van der Waals surface area contributed by atoms with E-state index in [2.05, 4.69) is 0 Å². The normalized spacial score (nSPS) is 9.64. The molecule has 0 heterocycles. The fraction of sp³-hybridized carbons (Fsp3) is 0. The standard InChI is InChI=1S/C7H6F2N2/c8-5-1-4(3-10)7(11)6(9)2-5/h1-3,10H,11H2. The minimum atomic E-state index is -0.830. The largest absolute Gasteiger partial charge is 0.396 e. The van der Waals surface area contributed by atoms with Crippen LogP contribution in [0, 0.1) is 17.0 Å². The van der Waals surface area contributed by atoms with E-state index in [4.69, 9.17) is 11.1 Å². The van der Waals surface area contributed by atoms with Crippen LogP contribution in [-0.4, -0.2) is 6.21 Å². The lowest BCUT2D eigenvalue weighted by molar-refractivity contribution is 0.586. The molecule has 0 fully saturated rings. The van der Waals surface area contributed by atoms with Gasteiger partial charge in [-0.3, -0.25) is 0 Å². The third-order valence-corrected chi connectivity index (χ3v) is 1.28. The number of halogens is 2. The monoisotopic (exact) mass is 156 g/mol. The van der Waals surface area contributed by atoms with Crippen molar-refractivity contribution in [2.24, 2.45) is 0 Å². The summed E-state index contributed by atoms with van der Waals surface area (Å²) >= 11 is 0. The molecule has 3 N–H and O–H groups in total. The zero-order chi connectivity index (χ0) is 8.43. The lowest BCUT2D eigenvalue weighted by Crippen LogP contribution is -1.97. The SMILES string of the molecule is N=Cc1cc(F)cc(F)c1N. The first-order valence-electron chi connectivity index (χ1n) is 2.90. The molecule has 0 aromatic heterocycles. The maximum absolute atomic E-state index is 12.6. The lowest BCUT2D eigenvalue weighted by atomic mass is 10.2. The van der Waals surface area contributed by atoms with Crippen LogP contribution in [0.25, 0.3) is 0 Å². The number of hydrogen-bond donors (Lipinski definition) is 2. The van der Waals surface area contributed by atoms with Crippen LogP contribution in [0.5, 0.6) is 0 Å². The third-order valence-electron chi connectivity index (χ3n) is 1.28. The molecule has 11 heavy (non-hydrogen) atoms. The molecule has 0 bridgehead atoms. The van der Waals surface area contributed by atoms with Gasteiger partial charge in [0.1, 0.15) is 11.6 Å². The summed E-state index contributed by atoms with van der Waals surface area (Å²) in [6, 6.07) is 1.69. The molecule has 58 valence electrons. The van der Waals surface area contributed by atoms with E-state index in [1.165, 1.54) is 0 Å². The van der Waals surface area contributed by atoms with Crippen molar-refractivity contribution in [1.29, 1.82) is 5.41 Å². The number of nitrogens with one attached hydrogen (secondary N) is 1. The Morgan fingerprint density at radius 3 is 2.55 bits per heavy atom. The first-order valence-corrected chi connectivity index (χ1v) is 2.90. The Labute approximate surface area is 62.2 Å². The van der Waals surface area contributed by atoms with Gasteiger partial charge in [-0.1, -0.05) is 0 Å². The van der Waals surface area contributed by atoms with Crippen LogP contribution in [0.15, 0.2) is 12.1 Å². The fourth-order valence-electron chi connectivity index (χ4n) is 0.724. The second-order valence-corrected chi connectivity index (χ2v) is 2.03. The molecule has 0 aliphatic heterocycles. The lowest BCUT2D eigenvalue weighted by Gasteiger charge is -1.99. The number of rotatable bonds is 1. The third kappa shape index (κ3) is 1.34. The van der Waals surface area contributed by atoms with Gasteiger partial charge in [0.05, 0.1) is 5.69 Å². The summed E-state index contributed by atoms with van der Waals surface area (Å²) in [5.41, 5.74) is 5.03. The van der Waals surface area contributed by atoms with E-state index < -0.39 is 11.6 Å². The van der Waals surface area contributed by atoms with Crippen molar-refractivity contribution in [1.82, 2.24) is 0 Å². The van der Waals surface area contributed by atoms with E-state index in [9.17, 15) is 8.78 Å². The van der Waals surface area contributed by atoms with Gasteiger partial charge in [-0.05, 0) is 6.07 Å². The summed E-state index contributed by atoms with van der Waals surface area (Å²) in [7, 11) is 0. The fourth-order valence-corrected chi connectivity index (χ4v) is 0.724. The van der Waals surface area contributed by atoms with Crippen LogP contribution in [-0.2, 0) is 0 Å². The first kappa shape index (κ1) is 7.65. The van der Waals surface area contributed by atoms with Crippen molar-refractivity contribution in [2.75, 3.05) is 5.73 Å². The van der Waals surface area contributed by atoms with Crippen LogP contribution in [0.4, 0.5) is 14.5 Å². The number of hydrogen-bond acceptors (Lipinski definition) is 2. The number of nitrogen functional groups attached to an aromatic ring is 1. The van der Waals surface area contributed by atoms with Crippen LogP contribution in [0.1, 0.15) is 5.56 Å². The summed E-state index contributed by atoms with van der Waals surface area (Å²) in [5, 5.41) is 6.74. The number of benzene rings is 1. The predicted molar refractivity (Wildman–Crippen MR) is 38.7 cm³/mol. The first-order chi connectivity index (χ1) is 5.15. The van der Waals surface area contributed by atoms with Gasteiger partial charge in [0.15, 0.2) is 0 Å². The molecule has 0 saturated heterocycles. The average Bonchev–Trinajstić information content (AvgIpc) is 1.96. The second kappa shape index (κ2) is 2.65. The maximum atomic E-state index is 12.6. The van der Waals surface area contributed by atoms with Gasteiger partial charge in [-0.2, -0.15) is 0 Å². The van der Waals surface area contributed by atoms with Crippen molar-refractivity contribution < 1.29 is 8.78 Å². The summed E-state index contributed by atoms with van der Waals surface area (Å²) in [6.07, 6.45) is 0.807. The molecule has 0 aliphatic rings. The zero-order valence-electron chi connectivity index (χ0n) is 5.57. The average molecular weight is 156 g/mol. The zero-order valence-corrected chi connectivity index (χ0v) is 5.57. The highest BCUT2D eigenvalue weighted by atomic mass is 19.1. The number of anilines is 1. The van der Waals surface area contributed by atoms with E-state index in [0.717, 1.165) is 12.3 Å². The molecule has 0 unspecified atom stereocenters. The second-order valence-electron chi connectivity index (χ2n) is 2.03. The van der Waals surface area contributed by atoms with E-state index >= 15 is 0 Å². The van der Waals surface area contributed by atoms with Crippen LogP contribution in [0.3, 0.4) is 0 Å². The smallest absolute Gasteiger partial charge is 0.149 e. The Kier molecular flexibility index (Phi) is 1.85. The maximum Gasteiger partial charge on any atom is 0.149 e. The molecule has 1 rings (SSSR count). The van der Waals surface area contributed by atoms with Crippen molar-refractivity contribution in [2.45, 2.75) is 0 Å². The van der Waals surface area contributed by atoms with Gasteiger partial charge in [-0.25, -0.2) is 8.78 Å². The Morgan fingerprint density at radius 2 is 2.00 bits per heavy atom. The minimum absolute atomic E-state index is 0.0579. The molecule has 0 saturated carbocycles. The van der Waals surface area contributed by atoms with Crippen LogP contribution in [0.2, 0.25) is 0 Å². The predicted octanol–water partition coefficient (Wildman–Crippen LogP) is 1.54. The minimum Gasteiger partial charge on any atom is -0.396 e. The van der Waals surface area contributed by atoms with Gasteiger partial charge >= 0.3 is 0 Å². The summed E-state index contributed by atoms with van der Waals surface area (Å²) in [6.45, 7) is 0. The number of nitrogens with two attached hydrogens (primary N) is 1. The highest BCUT2D eigenvalue weighted by Gasteiger charge is 2.04. The molecule has 0 atom stereocenters.